The van der Waals surface area contributed by atoms with Crippen LogP contribution in [0.25, 0.3) is 22.3 Å². The van der Waals surface area contributed by atoms with E-state index in [1.807, 2.05) is 19.1 Å². The van der Waals surface area contributed by atoms with E-state index in [1.54, 1.807) is 54.6 Å². The van der Waals surface area contributed by atoms with Gasteiger partial charge in [-0.15, -0.1) is 6.58 Å². The fourth-order valence-electron chi connectivity index (χ4n) is 4.48. The van der Waals surface area contributed by atoms with Crippen molar-refractivity contribution < 1.29 is 22.3 Å². The lowest BCUT2D eigenvalue weighted by Crippen LogP contribution is -2.23. The Morgan fingerprint density at radius 1 is 0.800 bits per heavy atom. The first-order valence-electron chi connectivity index (χ1n) is 11.9. The third-order valence-electron chi connectivity index (χ3n) is 6.54. The molecule has 0 N–H and O–H groups in total. The molecule has 2 unspecified atom stereocenters. The molecule has 2 atom stereocenters. The largest absolute Gasteiger partial charge is 0.374 e. The van der Waals surface area contributed by atoms with Gasteiger partial charge in [0.15, 0.2) is 23.3 Å². The summed E-state index contributed by atoms with van der Waals surface area (Å²) in [7, 11) is 0. The van der Waals surface area contributed by atoms with Crippen molar-refractivity contribution in [2.75, 3.05) is 6.61 Å². The van der Waals surface area contributed by atoms with Gasteiger partial charge in [0.25, 0.3) is 0 Å². The standard InChI is InChI=1S/C30H28F4O/c1-3-5-6-7-21-13-15-24(28(32)27(21)31)19-8-10-20(11-9-19)25-16-17-26(30(34)29(25)33)22-12-14-23(4-2)35-18-22/h4-6,8-11,13,15-17,22-23H,2-3,7,12,14,18H2,1H3/b6-5-. The van der Waals surface area contributed by atoms with Crippen molar-refractivity contribution in [3.8, 4) is 22.3 Å². The first-order valence-corrected chi connectivity index (χ1v) is 11.9. The molecule has 0 aromatic heterocycles. The Morgan fingerprint density at radius 2 is 1.43 bits per heavy atom. The van der Waals surface area contributed by atoms with E-state index in [2.05, 4.69) is 6.58 Å². The monoisotopic (exact) mass is 480 g/mol. The molecule has 1 saturated heterocycles. The summed E-state index contributed by atoms with van der Waals surface area (Å²) in [5.41, 5.74) is 1.72. The molecular formula is C30H28F4O. The molecule has 3 aromatic carbocycles. The number of benzene rings is 3. The topological polar surface area (TPSA) is 9.23 Å². The van der Waals surface area contributed by atoms with Crippen molar-refractivity contribution >= 4 is 0 Å². The van der Waals surface area contributed by atoms with Gasteiger partial charge in [-0.05, 0) is 47.9 Å². The van der Waals surface area contributed by atoms with Crippen LogP contribution >= 0.6 is 0 Å². The van der Waals surface area contributed by atoms with E-state index in [-0.39, 0.29) is 28.7 Å². The summed E-state index contributed by atoms with van der Waals surface area (Å²) in [5.74, 6) is -3.81. The molecule has 0 amide bonds. The summed E-state index contributed by atoms with van der Waals surface area (Å²) in [5, 5.41) is 0. The van der Waals surface area contributed by atoms with E-state index >= 15 is 4.39 Å². The predicted octanol–water partition coefficient (Wildman–Crippen LogP) is 8.53. The van der Waals surface area contributed by atoms with Crippen LogP contribution in [0.1, 0.15) is 43.2 Å². The van der Waals surface area contributed by atoms with Crippen molar-refractivity contribution in [1.82, 2.24) is 0 Å². The number of halogens is 4. The molecule has 1 aliphatic rings. The molecule has 1 nitrogen and oxygen atoms in total. The zero-order valence-corrected chi connectivity index (χ0v) is 19.7. The molecule has 0 radical (unpaired) electrons. The maximum absolute atomic E-state index is 15.0. The van der Waals surface area contributed by atoms with Crippen LogP contribution in [-0.2, 0) is 11.2 Å². The highest BCUT2D eigenvalue weighted by molar-refractivity contribution is 5.71. The maximum Gasteiger partial charge on any atom is 0.166 e. The van der Waals surface area contributed by atoms with Gasteiger partial charge in [-0.2, -0.15) is 0 Å². The smallest absolute Gasteiger partial charge is 0.166 e. The van der Waals surface area contributed by atoms with Crippen LogP contribution in [0, 0.1) is 23.3 Å². The Bertz CT molecular complexity index is 1220. The Morgan fingerprint density at radius 3 is 2.00 bits per heavy atom. The molecule has 0 aliphatic carbocycles. The first-order chi connectivity index (χ1) is 16.9. The minimum Gasteiger partial charge on any atom is -0.374 e. The number of rotatable bonds is 7. The van der Waals surface area contributed by atoms with E-state index in [4.69, 9.17) is 4.74 Å². The summed E-state index contributed by atoms with van der Waals surface area (Å²) >= 11 is 0. The van der Waals surface area contributed by atoms with Crippen LogP contribution in [0.3, 0.4) is 0 Å². The van der Waals surface area contributed by atoms with E-state index < -0.39 is 23.3 Å². The van der Waals surface area contributed by atoms with E-state index in [9.17, 15) is 13.2 Å². The van der Waals surface area contributed by atoms with E-state index in [1.165, 1.54) is 0 Å². The Hall–Kier alpha value is -3.18. The van der Waals surface area contributed by atoms with Crippen molar-refractivity contribution in [2.45, 2.75) is 44.6 Å². The van der Waals surface area contributed by atoms with Crippen molar-refractivity contribution in [3.63, 3.8) is 0 Å². The van der Waals surface area contributed by atoms with Crippen molar-refractivity contribution in [2.24, 2.45) is 0 Å². The lowest BCUT2D eigenvalue weighted by molar-refractivity contribution is 0.0320. The van der Waals surface area contributed by atoms with Crippen LogP contribution in [-0.4, -0.2) is 12.7 Å². The highest BCUT2D eigenvalue weighted by atomic mass is 19.2. The summed E-state index contributed by atoms with van der Waals surface area (Å²) in [6, 6.07) is 12.6. The molecule has 182 valence electrons. The van der Waals surface area contributed by atoms with Crippen LogP contribution in [0.5, 0.6) is 0 Å². The van der Waals surface area contributed by atoms with Crippen molar-refractivity contribution in [1.29, 1.82) is 0 Å². The molecule has 0 bridgehead atoms. The highest BCUT2D eigenvalue weighted by Crippen LogP contribution is 2.35. The van der Waals surface area contributed by atoms with Gasteiger partial charge in [-0.3, -0.25) is 0 Å². The van der Waals surface area contributed by atoms with Crippen LogP contribution < -0.4 is 0 Å². The Kier molecular flexibility index (Phi) is 7.86. The first kappa shape index (κ1) is 24.9. The number of hydrogen-bond acceptors (Lipinski definition) is 1. The molecule has 5 heteroatoms. The summed E-state index contributed by atoms with van der Waals surface area (Å²) < 4.78 is 64.9. The van der Waals surface area contributed by atoms with E-state index in [0.717, 1.165) is 6.42 Å². The zero-order valence-electron chi connectivity index (χ0n) is 19.7. The minimum absolute atomic E-state index is 0.0515. The van der Waals surface area contributed by atoms with Gasteiger partial charge < -0.3 is 4.74 Å². The molecule has 4 rings (SSSR count). The summed E-state index contributed by atoms with van der Waals surface area (Å²) in [6.45, 7) is 6.00. The van der Waals surface area contributed by atoms with Gasteiger partial charge in [-0.1, -0.05) is 73.7 Å². The van der Waals surface area contributed by atoms with Gasteiger partial charge in [0.05, 0.1) is 12.7 Å². The molecular weight excluding hydrogens is 452 g/mol. The molecule has 0 saturated carbocycles. The quantitative estimate of drug-likeness (QED) is 0.243. The summed E-state index contributed by atoms with van der Waals surface area (Å²) in [6.07, 6.45) is 7.93. The van der Waals surface area contributed by atoms with Gasteiger partial charge in [0.2, 0.25) is 0 Å². The van der Waals surface area contributed by atoms with Gasteiger partial charge in [0.1, 0.15) is 0 Å². The second kappa shape index (κ2) is 11.0. The van der Waals surface area contributed by atoms with Gasteiger partial charge >= 0.3 is 0 Å². The molecule has 0 spiro atoms. The maximum atomic E-state index is 15.0. The second-order valence-electron chi connectivity index (χ2n) is 8.77. The average molecular weight is 481 g/mol. The SMILES string of the molecule is C=CC1CCC(c2ccc(-c3ccc(-c4ccc(C/C=C\CC)c(F)c4F)cc3)c(F)c2F)CO1. The fourth-order valence-corrected chi connectivity index (χ4v) is 4.48. The summed E-state index contributed by atoms with van der Waals surface area (Å²) in [4.78, 5) is 0. The van der Waals surface area contributed by atoms with Crippen LogP contribution in [0.15, 0.2) is 73.3 Å². The number of hydrogen-bond donors (Lipinski definition) is 0. The molecule has 1 aliphatic heterocycles. The third kappa shape index (κ3) is 5.25. The lowest BCUT2D eigenvalue weighted by Gasteiger charge is -2.28. The normalized spacial score (nSPS) is 18.2. The van der Waals surface area contributed by atoms with Gasteiger partial charge in [-0.25, -0.2) is 17.6 Å². The Labute approximate surface area is 203 Å². The zero-order chi connectivity index (χ0) is 24.9. The number of allylic oxidation sites excluding steroid dienone is 2. The number of ether oxygens (including phenoxy) is 1. The molecule has 1 heterocycles. The average Bonchev–Trinajstić information content (AvgIpc) is 2.89. The molecule has 3 aromatic rings. The van der Waals surface area contributed by atoms with Gasteiger partial charge in [0, 0.05) is 17.0 Å². The third-order valence-corrected chi connectivity index (χ3v) is 6.54. The van der Waals surface area contributed by atoms with E-state index in [0.29, 0.717) is 42.6 Å². The minimum atomic E-state index is -0.928. The second-order valence-corrected chi connectivity index (χ2v) is 8.77. The lowest BCUT2D eigenvalue weighted by atomic mass is 9.89. The predicted molar refractivity (Wildman–Crippen MR) is 132 cm³/mol. The Balaban J connectivity index is 1.56. The highest BCUT2D eigenvalue weighted by Gasteiger charge is 2.26. The van der Waals surface area contributed by atoms with Crippen molar-refractivity contribution in [3.05, 3.63) is 108 Å². The molecule has 35 heavy (non-hydrogen) atoms. The van der Waals surface area contributed by atoms with Crippen LogP contribution in [0.2, 0.25) is 0 Å². The fraction of sp³-hybridized carbons (Fsp3) is 0.267. The molecule has 1 fully saturated rings. The van der Waals surface area contributed by atoms with Crippen LogP contribution in [0.4, 0.5) is 17.6 Å².